The number of nitrogens with zero attached hydrogens (tertiary/aromatic N) is 3. The lowest BCUT2D eigenvalue weighted by Crippen LogP contribution is -2.33. The number of rotatable bonds is 8. The molecule has 1 N–H and O–H groups in total. The number of amides is 1. The molecule has 0 radical (unpaired) electrons. The van der Waals surface area contributed by atoms with Crippen LogP contribution in [0.1, 0.15) is 35.8 Å². The molecule has 0 aliphatic carbocycles. The summed E-state index contributed by atoms with van der Waals surface area (Å²) in [5, 5.41) is 6.71. The summed E-state index contributed by atoms with van der Waals surface area (Å²) in [6.45, 7) is 3.89. The third kappa shape index (κ3) is 5.64. The van der Waals surface area contributed by atoms with Crippen LogP contribution in [0.2, 0.25) is 0 Å². The van der Waals surface area contributed by atoms with Crippen molar-refractivity contribution in [1.29, 1.82) is 0 Å². The maximum Gasteiger partial charge on any atom is 0.343 e. The second-order valence-corrected chi connectivity index (χ2v) is 8.75. The fourth-order valence-electron chi connectivity index (χ4n) is 2.73. The minimum Gasteiger partial charge on any atom is -0.462 e. The Labute approximate surface area is 170 Å². The average Bonchev–Trinajstić information content (AvgIpc) is 3.01. The molecule has 0 aliphatic heterocycles. The van der Waals surface area contributed by atoms with Crippen LogP contribution >= 0.6 is 0 Å². The third-order valence-corrected chi connectivity index (χ3v) is 5.67. The molecule has 2 rings (SSSR count). The predicted octanol–water partition coefficient (Wildman–Crippen LogP) is 1.63. The van der Waals surface area contributed by atoms with Gasteiger partial charge < -0.3 is 10.1 Å². The number of hydrogen-bond donors (Lipinski definition) is 1. The number of nitrogens with one attached hydrogen (secondary N) is 1. The van der Waals surface area contributed by atoms with E-state index >= 15 is 0 Å². The molecule has 0 saturated carbocycles. The molecule has 0 fully saturated rings. The predicted molar refractivity (Wildman–Crippen MR) is 108 cm³/mol. The van der Waals surface area contributed by atoms with E-state index in [0.29, 0.717) is 0 Å². The highest BCUT2D eigenvalue weighted by Crippen LogP contribution is 2.21. The number of hydrogen-bond acceptors (Lipinski definition) is 7. The van der Waals surface area contributed by atoms with Crippen LogP contribution in [0.25, 0.3) is 0 Å². The van der Waals surface area contributed by atoms with Crippen LogP contribution < -0.4 is 5.32 Å². The van der Waals surface area contributed by atoms with Crippen molar-refractivity contribution in [1.82, 2.24) is 14.7 Å². The van der Waals surface area contributed by atoms with Gasteiger partial charge in [-0.3, -0.25) is 14.4 Å². The van der Waals surface area contributed by atoms with E-state index in [2.05, 4.69) is 10.4 Å². The summed E-state index contributed by atoms with van der Waals surface area (Å²) < 4.78 is 29.5. The largest absolute Gasteiger partial charge is 0.462 e. The Morgan fingerprint density at radius 2 is 1.90 bits per heavy atom. The van der Waals surface area contributed by atoms with Gasteiger partial charge in [0.15, 0.2) is 9.84 Å². The summed E-state index contributed by atoms with van der Waals surface area (Å²) in [6, 6.07) is 6.43. The van der Waals surface area contributed by atoms with E-state index in [-0.39, 0.29) is 41.4 Å². The van der Waals surface area contributed by atoms with Crippen molar-refractivity contribution in [2.24, 2.45) is 7.05 Å². The molecule has 1 aromatic heterocycles. The van der Waals surface area contributed by atoms with Gasteiger partial charge in [0.05, 0.1) is 24.2 Å². The van der Waals surface area contributed by atoms with Crippen LogP contribution in [-0.4, -0.2) is 61.4 Å². The lowest BCUT2D eigenvalue weighted by molar-refractivity contribution is -0.117. The van der Waals surface area contributed by atoms with Gasteiger partial charge in [0.1, 0.15) is 11.4 Å². The van der Waals surface area contributed by atoms with E-state index in [4.69, 9.17) is 4.74 Å². The summed E-state index contributed by atoms with van der Waals surface area (Å²) in [6.07, 6.45) is 2.51. The monoisotopic (exact) mass is 422 g/mol. The summed E-state index contributed by atoms with van der Waals surface area (Å²) in [7, 11) is 0.144. The van der Waals surface area contributed by atoms with Gasteiger partial charge in [-0.15, -0.1) is 0 Å². The van der Waals surface area contributed by atoms with Crippen molar-refractivity contribution in [2.75, 3.05) is 31.8 Å². The molecule has 2 aromatic rings. The van der Waals surface area contributed by atoms with Crippen molar-refractivity contribution in [2.45, 2.75) is 24.8 Å². The summed E-state index contributed by atoms with van der Waals surface area (Å²) in [5.41, 5.74) is 1.07. The first-order chi connectivity index (χ1) is 13.5. The SMILES string of the molecule is CCOC(=O)c1cnn(C)c1NC(=O)CN(C)C(C)c1ccc(S(C)(=O)=O)cc1. The van der Waals surface area contributed by atoms with Crippen molar-refractivity contribution >= 4 is 27.5 Å². The molecule has 1 aromatic carbocycles. The first-order valence-electron chi connectivity index (χ1n) is 9.03. The molecule has 1 atom stereocenters. The zero-order valence-corrected chi connectivity index (χ0v) is 18.0. The fourth-order valence-corrected chi connectivity index (χ4v) is 3.36. The molecule has 0 bridgehead atoms. The molecule has 29 heavy (non-hydrogen) atoms. The van der Waals surface area contributed by atoms with Crippen LogP contribution in [0, 0.1) is 0 Å². The minimum atomic E-state index is -3.26. The number of aromatic nitrogens is 2. The number of carbonyl (C=O) groups excluding carboxylic acids is 2. The van der Waals surface area contributed by atoms with Gasteiger partial charge in [-0.05, 0) is 38.6 Å². The molecule has 1 unspecified atom stereocenters. The molecule has 0 spiro atoms. The highest BCUT2D eigenvalue weighted by atomic mass is 32.2. The molecule has 1 heterocycles. The Kier molecular flexibility index (Phi) is 7.15. The Hall–Kier alpha value is -2.72. The zero-order valence-electron chi connectivity index (χ0n) is 17.2. The van der Waals surface area contributed by atoms with E-state index in [1.54, 1.807) is 45.3 Å². The van der Waals surface area contributed by atoms with Crippen LogP contribution in [0.3, 0.4) is 0 Å². The second kappa shape index (κ2) is 9.19. The van der Waals surface area contributed by atoms with Gasteiger partial charge in [-0.1, -0.05) is 12.1 Å². The summed E-state index contributed by atoms with van der Waals surface area (Å²) in [4.78, 5) is 26.6. The number of sulfone groups is 1. The van der Waals surface area contributed by atoms with Gasteiger partial charge in [0, 0.05) is 19.3 Å². The molecular weight excluding hydrogens is 396 g/mol. The molecule has 158 valence electrons. The second-order valence-electron chi connectivity index (χ2n) is 6.73. The number of aryl methyl sites for hydroxylation is 1. The lowest BCUT2D eigenvalue weighted by Gasteiger charge is -2.24. The topological polar surface area (TPSA) is 111 Å². The standard InChI is InChI=1S/C19H26N4O5S/c1-6-28-19(25)16-11-20-23(4)18(16)21-17(24)12-22(3)13(2)14-7-9-15(10-8-14)29(5,26)27/h7-11,13H,6,12H2,1-5H3,(H,21,24). The van der Waals surface area contributed by atoms with Crippen LogP contribution in [0.15, 0.2) is 35.4 Å². The quantitative estimate of drug-likeness (QED) is 0.644. The van der Waals surface area contributed by atoms with E-state index in [9.17, 15) is 18.0 Å². The summed E-state index contributed by atoms with van der Waals surface area (Å²) in [5.74, 6) is -0.600. The van der Waals surface area contributed by atoms with Gasteiger partial charge in [0.25, 0.3) is 0 Å². The number of likely N-dealkylation sites (N-methyl/N-ethyl adjacent to an activating group) is 1. The molecule has 1 amide bonds. The Bertz CT molecular complexity index is 983. The molecule has 9 nitrogen and oxygen atoms in total. The molecule has 10 heteroatoms. The number of carbonyl (C=O) groups is 2. The van der Waals surface area contributed by atoms with Gasteiger partial charge >= 0.3 is 5.97 Å². The third-order valence-electron chi connectivity index (χ3n) is 4.54. The average molecular weight is 423 g/mol. The minimum absolute atomic E-state index is 0.0580. The fraction of sp³-hybridized carbons (Fsp3) is 0.421. The Morgan fingerprint density at radius 1 is 1.28 bits per heavy atom. The number of esters is 1. The lowest BCUT2D eigenvalue weighted by atomic mass is 10.1. The number of benzene rings is 1. The first kappa shape index (κ1) is 22.6. The number of anilines is 1. The van der Waals surface area contributed by atoms with Crippen LogP contribution in [0.5, 0.6) is 0 Å². The van der Waals surface area contributed by atoms with Gasteiger partial charge in [-0.2, -0.15) is 5.10 Å². The van der Waals surface area contributed by atoms with Crippen molar-refractivity contribution < 1.29 is 22.7 Å². The van der Waals surface area contributed by atoms with Crippen LogP contribution in [-0.2, 0) is 26.4 Å². The molecule has 0 saturated heterocycles. The Morgan fingerprint density at radius 3 is 2.45 bits per heavy atom. The van der Waals surface area contributed by atoms with Gasteiger partial charge in [-0.25, -0.2) is 13.2 Å². The highest BCUT2D eigenvalue weighted by Gasteiger charge is 2.21. The molecular formula is C19H26N4O5S. The van der Waals surface area contributed by atoms with E-state index in [1.165, 1.54) is 10.9 Å². The van der Waals surface area contributed by atoms with Crippen LogP contribution in [0.4, 0.5) is 5.82 Å². The van der Waals surface area contributed by atoms with E-state index in [1.807, 2.05) is 11.8 Å². The van der Waals surface area contributed by atoms with E-state index < -0.39 is 15.8 Å². The smallest absolute Gasteiger partial charge is 0.343 e. The van der Waals surface area contributed by atoms with Crippen molar-refractivity contribution in [3.05, 3.63) is 41.6 Å². The Balaban J connectivity index is 2.06. The number of ether oxygens (including phenoxy) is 1. The maximum atomic E-state index is 12.5. The summed E-state index contributed by atoms with van der Waals surface area (Å²) >= 11 is 0. The van der Waals surface area contributed by atoms with Crippen molar-refractivity contribution in [3.63, 3.8) is 0 Å². The molecule has 0 aliphatic rings. The highest BCUT2D eigenvalue weighted by molar-refractivity contribution is 7.90. The van der Waals surface area contributed by atoms with E-state index in [0.717, 1.165) is 11.8 Å². The van der Waals surface area contributed by atoms with Gasteiger partial charge in [0.2, 0.25) is 5.91 Å². The van der Waals surface area contributed by atoms with Crippen molar-refractivity contribution in [3.8, 4) is 0 Å². The zero-order chi connectivity index (χ0) is 21.8. The maximum absolute atomic E-state index is 12.5. The normalized spacial score (nSPS) is 12.6. The first-order valence-corrected chi connectivity index (χ1v) is 10.9.